The Morgan fingerprint density at radius 1 is 1.04 bits per heavy atom. The normalized spacial score (nSPS) is 11.3. The Morgan fingerprint density at radius 3 is 2.09 bits per heavy atom. The van der Waals surface area contributed by atoms with Crippen LogP contribution in [0.4, 0.5) is 10.1 Å². The topological polar surface area (TPSA) is 41.5 Å². The van der Waals surface area contributed by atoms with E-state index in [9.17, 15) is 4.39 Å². The molecule has 0 fully saturated rings. The Balaban J connectivity index is 1.95. The monoisotopic (exact) mass is 312 g/mol. The number of ether oxygens (including phenoxy) is 1. The first-order valence-corrected chi connectivity index (χ1v) is 7.44. The van der Waals surface area contributed by atoms with Gasteiger partial charge in [0.1, 0.15) is 5.75 Å². The van der Waals surface area contributed by atoms with Gasteiger partial charge in [0, 0.05) is 29.8 Å². The Bertz CT molecular complexity index is 653. The molecule has 120 valence electrons. The minimum atomic E-state index is -0.591. The van der Waals surface area contributed by atoms with Gasteiger partial charge in [0.15, 0.2) is 0 Å². The number of anilines is 1. The number of benzene rings is 2. The van der Waals surface area contributed by atoms with Gasteiger partial charge in [-0.3, -0.25) is 4.39 Å². The molecule has 3 nitrogen and oxygen atoms in total. The van der Waals surface area contributed by atoms with Crippen LogP contribution in [0.1, 0.15) is 11.1 Å². The maximum atomic E-state index is 12.5. The fourth-order valence-corrected chi connectivity index (χ4v) is 1.86. The fourth-order valence-electron chi connectivity index (χ4n) is 1.86. The molecule has 0 saturated carbocycles. The van der Waals surface area contributed by atoms with Crippen LogP contribution >= 0.6 is 0 Å². The summed E-state index contributed by atoms with van der Waals surface area (Å²) in [6.07, 6.45) is 0. The number of nitrogens with one attached hydrogen (secondary N) is 1. The molecule has 0 aromatic heterocycles. The summed E-state index contributed by atoms with van der Waals surface area (Å²) in [5.74, 6) is 6.35. The molecule has 0 radical (unpaired) electrons. The van der Waals surface area contributed by atoms with Crippen molar-refractivity contribution in [1.29, 1.82) is 0 Å². The molecule has 0 saturated heterocycles. The summed E-state index contributed by atoms with van der Waals surface area (Å²) in [5.41, 5.74) is 2.86. The number of aliphatic hydroxyl groups is 1. The quantitative estimate of drug-likeness (QED) is 0.806. The third kappa shape index (κ3) is 5.32. The summed E-state index contributed by atoms with van der Waals surface area (Å²) in [6, 6.07) is 15.2. The van der Waals surface area contributed by atoms with Crippen molar-refractivity contribution in [3.8, 4) is 17.6 Å². The molecule has 4 heteroatoms. The molecule has 0 aliphatic rings. The summed E-state index contributed by atoms with van der Waals surface area (Å²) in [7, 11) is 1.88. The van der Waals surface area contributed by atoms with Crippen LogP contribution in [0.2, 0.25) is 0 Å². The van der Waals surface area contributed by atoms with Crippen molar-refractivity contribution in [2.24, 2.45) is 5.92 Å². The summed E-state index contributed by atoms with van der Waals surface area (Å²) in [5, 5.41) is 12.0. The Labute approximate surface area is 136 Å². The number of hydrogen-bond donors (Lipinski definition) is 2. The van der Waals surface area contributed by atoms with Crippen LogP contribution in [0.25, 0.3) is 0 Å². The lowest BCUT2D eigenvalue weighted by Gasteiger charge is -2.11. The van der Waals surface area contributed by atoms with Crippen molar-refractivity contribution >= 4 is 5.69 Å². The van der Waals surface area contributed by atoms with Crippen LogP contribution < -0.4 is 10.1 Å². The number of aliphatic hydroxyl groups excluding tert-OH is 1. The van der Waals surface area contributed by atoms with Gasteiger partial charge in [0.2, 0.25) is 0 Å². The summed E-state index contributed by atoms with van der Waals surface area (Å²) >= 11 is 0. The molecule has 0 bridgehead atoms. The fraction of sp³-hybridized carbons (Fsp3) is 0.263. The highest BCUT2D eigenvalue weighted by atomic mass is 18.2. The molecular weight excluding hydrogens is 292 g/mol. The number of halogens is 1. The maximum absolute atomic E-state index is 12.5. The Kier molecular flexibility index (Phi) is 6.46. The highest BCUT2D eigenvalue weighted by molar-refractivity contribution is 5.50. The molecule has 2 N–H and O–H groups in total. The molecule has 0 heterocycles. The van der Waals surface area contributed by atoms with Gasteiger partial charge in [-0.25, -0.2) is 0 Å². The lowest BCUT2D eigenvalue weighted by molar-refractivity contribution is 0.140. The number of rotatable bonds is 6. The van der Waals surface area contributed by atoms with E-state index in [4.69, 9.17) is 9.84 Å². The van der Waals surface area contributed by atoms with E-state index in [1.807, 2.05) is 43.4 Å². The van der Waals surface area contributed by atoms with Gasteiger partial charge < -0.3 is 15.2 Å². The molecule has 1 atom stereocenters. The van der Waals surface area contributed by atoms with Crippen LogP contribution in [0.5, 0.6) is 5.75 Å². The van der Waals surface area contributed by atoms with Crippen LogP contribution in [0.15, 0.2) is 48.5 Å². The van der Waals surface area contributed by atoms with E-state index in [1.54, 1.807) is 12.1 Å². The SMILES string of the molecule is CNc1ccc(C#Cc2ccc(OCC(CO)C[18F])cc2)cc1. The average Bonchev–Trinajstić information content (AvgIpc) is 2.62. The third-order valence-electron chi connectivity index (χ3n) is 3.34. The highest BCUT2D eigenvalue weighted by Gasteiger charge is 2.07. The number of alkyl halides is 1. The second kappa shape index (κ2) is 8.82. The number of hydrogen-bond acceptors (Lipinski definition) is 3. The minimum Gasteiger partial charge on any atom is -0.493 e. The van der Waals surface area contributed by atoms with E-state index in [-0.39, 0.29) is 13.2 Å². The van der Waals surface area contributed by atoms with Crippen molar-refractivity contribution < 1.29 is 14.2 Å². The zero-order chi connectivity index (χ0) is 16.5. The second-order valence-electron chi connectivity index (χ2n) is 5.12. The van der Waals surface area contributed by atoms with Crippen LogP contribution in [-0.2, 0) is 0 Å². The van der Waals surface area contributed by atoms with E-state index in [1.165, 1.54) is 0 Å². The van der Waals surface area contributed by atoms with Crippen molar-refractivity contribution in [2.45, 2.75) is 0 Å². The molecule has 2 aromatic carbocycles. The first-order valence-electron chi connectivity index (χ1n) is 7.44. The predicted octanol–water partition coefficient (Wildman–Crippen LogP) is 3.08. The van der Waals surface area contributed by atoms with E-state index in [2.05, 4.69) is 17.2 Å². The van der Waals surface area contributed by atoms with Gasteiger partial charge in [-0.15, -0.1) is 0 Å². The molecule has 0 aliphatic heterocycles. The molecule has 2 aromatic rings. The van der Waals surface area contributed by atoms with E-state index in [0.717, 1.165) is 16.8 Å². The van der Waals surface area contributed by atoms with Gasteiger partial charge in [0.25, 0.3) is 0 Å². The largest absolute Gasteiger partial charge is 0.493 e. The van der Waals surface area contributed by atoms with Crippen molar-refractivity contribution in [2.75, 3.05) is 32.3 Å². The lowest BCUT2D eigenvalue weighted by atomic mass is 10.1. The van der Waals surface area contributed by atoms with Crippen LogP contribution in [0, 0.1) is 17.8 Å². The highest BCUT2D eigenvalue weighted by Crippen LogP contribution is 2.13. The van der Waals surface area contributed by atoms with Crippen LogP contribution in [0.3, 0.4) is 0 Å². The standard InChI is InChI=1S/C19H20FNO2/c1-21-18-8-4-15(5-9-18)2-3-16-6-10-19(11-7-16)23-14-17(12-20)13-22/h4-11,17,21-22H,12-14H2,1H3/i20-1. The lowest BCUT2D eigenvalue weighted by Crippen LogP contribution is -2.17. The van der Waals surface area contributed by atoms with E-state index in [0.29, 0.717) is 5.75 Å². The van der Waals surface area contributed by atoms with E-state index < -0.39 is 12.6 Å². The zero-order valence-corrected chi connectivity index (χ0v) is 13.1. The van der Waals surface area contributed by atoms with Gasteiger partial charge in [-0.2, -0.15) is 0 Å². The molecular formula is C19H20FNO2. The molecule has 0 amide bonds. The Morgan fingerprint density at radius 2 is 1.61 bits per heavy atom. The predicted molar refractivity (Wildman–Crippen MR) is 90.5 cm³/mol. The zero-order valence-electron chi connectivity index (χ0n) is 13.1. The van der Waals surface area contributed by atoms with Gasteiger partial charge in [-0.05, 0) is 48.5 Å². The van der Waals surface area contributed by atoms with Crippen molar-refractivity contribution in [3.05, 3.63) is 59.7 Å². The van der Waals surface area contributed by atoms with Gasteiger partial charge in [-0.1, -0.05) is 11.8 Å². The van der Waals surface area contributed by atoms with E-state index >= 15 is 0 Å². The third-order valence-corrected chi connectivity index (χ3v) is 3.34. The summed E-state index contributed by atoms with van der Waals surface area (Å²) < 4.78 is 17.9. The molecule has 2 rings (SSSR count). The average molecular weight is 312 g/mol. The maximum Gasteiger partial charge on any atom is 0.119 e. The summed E-state index contributed by atoms with van der Waals surface area (Å²) in [4.78, 5) is 0. The smallest absolute Gasteiger partial charge is 0.119 e. The molecule has 0 aliphatic carbocycles. The van der Waals surface area contributed by atoms with Gasteiger partial charge >= 0.3 is 0 Å². The van der Waals surface area contributed by atoms with Crippen molar-refractivity contribution in [3.63, 3.8) is 0 Å². The Hall–Kier alpha value is -2.51. The first-order chi connectivity index (χ1) is 11.2. The molecule has 0 spiro atoms. The van der Waals surface area contributed by atoms with Crippen LogP contribution in [-0.4, -0.2) is 32.0 Å². The second-order valence-corrected chi connectivity index (χ2v) is 5.12. The summed E-state index contributed by atoms with van der Waals surface area (Å²) in [6.45, 7) is -0.644. The first kappa shape index (κ1) is 16.9. The minimum absolute atomic E-state index is 0.163. The van der Waals surface area contributed by atoms with Crippen molar-refractivity contribution in [1.82, 2.24) is 0 Å². The molecule has 23 heavy (non-hydrogen) atoms. The van der Waals surface area contributed by atoms with Gasteiger partial charge in [0.05, 0.1) is 19.9 Å². The molecule has 1 unspecified atom stereocenters.